The van der Waals surface area contributed by atoms with Crippen molar-refractivity contribution in [3.8, 4) is 11.5 Å². The number of pyridine rings is 1. The number of rotatable bonds is 10. The zero-order valence-corrected chi connectivity index (χ0v) is 18.6. The van der Waals surface area contributed by atoms with Crippen LogP contribution in [-0.4, -0.2) is 56.9 Å². The minimum absolute atomic E-state index is 0.0596. The van der Waals surface area contributed by atoms with Crippen LogP contribution in [0.25, 0.3) is 0 Å². The highest BCUT2D eigenvalue weighted by Crippen LogP contribution is 2.34. The number of carbonyl (C=O) groups excluding carboxylic acids is 1. The van der Waals surface area contributed by atoms with Gasteiger partial charge in [0.1, 0.15) is 6.04 Å². The van der Waals surface area contributed by atoms with Crippen molar-refractivity contribution >= 4 is 13.5 Å². The van der Waals surface area contributed by atoms with Crippen LogP contribution < -0.4 is 20.1 Å². The van der Waals surface area contributed by atoms with Gasteiger partial charge in [-0.3, -0.25) is 9.78 Å². The second kappa shape index (κ2) is 11.3. The van der Waals surface area contributed by atoms with E-state index in [0.717, 1.165) is 50.0 Å². The summed E-state index contributed by atoms with van der Waals surface area (Å²) in [6.45, 7) is 3.58. The second-order valence-electron chi connectivity index (χ2n) is 8.34. The third kappa shape index (κ3) is 6.00. The van der Waals surface area contributed by atoms with Crippen LogP contribution in [0.3, 0.4) is 0 Å². The molecule has 0 saturated carbocycles. The van der Waals surface area contributed by atoms with Crippen LogP contribution in [0.15, 0.2) is 42.7 Å². The lowest BCUT2D eigenvalue weighted by molar-refractivity contribution is -0.123. The van der Waals surface area contributed by atoms with Crippen LogP contribution >= 0.6 is 0 Å². The molecule has 2 aliphatic rings. The second-order valence-corrected chi connectivity index (χ2v) is 8.34. The maximum Gasteiger partial charge on any atom is 0.363 e. The summed E-state index contributed by atoms with van der Waals surface area (Å²) in [5.74, 6) is 2.00. The van der Waals surface area contributed by atoms with Gasteiger partial charge in [-0.1, -0.05) is 6.07 Å². The Kier molecular flexibility index (Phi) is 7.98. The molecule has 8 nitrogen and oxygen atoms in total. The molecule has 1 aromatic heterocycles. The normalized spacial score (nSPS) is 17.2. The van der Waals surface area contributed by atoms with Crippen molar-refractivity contribution < 1.29 is 18.9 Å². The molecule has 2 N–H and O–H groups in total. The maximum absolute atomic E-state index is 13.1. The fraction of sp³-hybridized carbons (Fsp3) is 0.478. The van der Waals surface area contributed by atoms with E-state index >= 15 is 0 Å². The topological polar surface area (TPSA) is 85.0 Å². The van der Waals surface area contributed by atoms with Gasteiger partial charge in [0, 0.05) is 26.0 Å². The molecule has 2 aromatic rings. The number of hydrogen-bond acceptors (Lipinski definition) is 7. The molecule has 1 unspecified atom stereocenters. The smallest absolute Gasteiger partial charge is 0.363 e. The molecule has 0 bridgehead atoms. The van der Waals surface area contributed by atoms with E-state index in [4.69, 9.17) is 14.1 Å². The average Bonchev–Trinajstić information content (AvgIpc) is 3.30. The van der Waals surface area contributed by atoms with Gasteiger partial charge in [0.2, 0.25) is 12.7 Å². The molecule has 1 amide bonds. The molecule has 32 heavy (non-hydrogen) atoms. The van der Waals surface area contributed by atoms with E-state index in [2.05, 4.69) is 20.4 Å². The summed E-state index contributed by atoms with van der Waals surface area (Å²) in [6, 6.07) is 9.04. The van der Waals surface area contributed by atoms with Crippen molar-refractivity contribution in [2.24, 2.45) is 5.92 Å². The highest BCUT2D eigenvalue weighted by molar-refractivity contribution is 6.23. The van der Waals surface area contributed by atoms with Crippen molar-refractivity contribution in [1.29, 1.82) is 0 Å². The van der Waals surface area contributed by atoms with Crippen molar-refractivity contribution in [3.63, 3.8) is 0 Å². The number of carbonyl (C=O) groups is 1. The van der Waals surface area contributed by atoms with Crippen LogP contribution in [0.5, 0.6) is 11.5 Å². The first-order chi connectivity index (χ1) is 15.7. The molecule has 1 aromatic carbocycles. The van der Waals surface area contributed by atoms with Crippen LogP contribution in [0.2, 0.25) is 0 Å². The van der Waals surface area contributed by atoms with Crippen LogP contribution in [0, 0.1) is 5.92 Å². The Hall–Kier alpha value is -2.62. The molecule has 170 valence electrons. The molecule has 0 aliphatic carbocycles. The molecule has 3 heterocycles. The van der Waals surface area contributed by atoms with Crippen molar-refractivity contribution in [1.82, 2.24) is 20.4 Å². The molecule has 1 atom stereocenters. The zero-order valence-electron chi connectivity index (χ0n) is 18.6. The Bertz CT molecular complexity index is 878. The average molecular weight is 438 g/mol. The van der Waals surface area contributed by atoms with E-state index in [1.165, 1.54) is 0 Å². The van der Waals surface area contributed by atoms with E-state index in [9.17, 15) is 4.79 Å². The molecule has 4 rings (SSSR count). The van der Waals surface area contributed by atoms with E-state index in [0.29, 0.717) is 31.6 Å². The summed E-state index contributed by atoms with van der Waals surface area (Å²) in [4.78, 5) is 19.5. The van der Waals surface area contributed by atoms with Crippen molar-refractivity contribution in [2.45, 2.75) is 31.8 Å². The summed E-state index contributed by atoms with van der Waals surface area (Å²) < 4.78 is 16.2. The highest BCUT2D eigenvalue weighted by atomic mass is 16.7. The van der Waals surface area contributed by atoms with Gasteiger partial charge in [-0.05, 0) is 80.2 Å². The fourth-order valence-corrected chi connectivity index (χ4v) is 4.27. The Morgan fingerprint density at radius 3 is 2.78 bits per heavy atom. The molecule has 1 fully saturated rings. The van der Waals surface area contributed by atoms with E-state index in [1.807, 2.05) is 30.3 Å². The predicted octanol–water partition coefficient (Wildman–Crippen LogP) is 1.77. The fourth-order valence-electron chi connectivity index (χ4n) is 4.27. The van der Waals surface area contributed by atoms with Gasteiger partial charge < -0.3 is 29.6 Å². The van der Waals surface area contributed by atoms with Crippen molar-refractivity contribution in [2.75, 3.05) is 33.5 Å². The lowest BCUT2D eigenvalue weighted by Gasteiger charge is -2.31. The first kappa shape index (κ1) is 22.6. The monoisotopic (exact) mass is 438 g/mol. The van der Waals surface area contributed by atoms with Gasteiger partial charge in [-0.25, -0.2) is 0 Å². The zero-order chi connectivity index (χ0) is 22.2. The lowest BCUT2D eigenvalue weighted by atomic mass is 9.91. The minimum Gasteiger partial charge on any atom is -0.454 e. The molecule has 2 aliphatic heterocycles. The molecule has 0 spiro atoms. The molecule has 1 saturated heterocycles. The maximum atomic E-state index is 13.1. The third-order valence-corrected chi connectivity index (χ3v) is 6.13. The highest BCUT2D eigenvalue weighted by Gasteiger charge is 2.25. The molecular formula is C23H31BN4O4. The standard InChI is InChI=1S/C23H31BN4O4/c1-30-24-28-12-7-17(8-13-28)6-11-26-22(19-2-3-20-21(14-19)32-16-31-20)23(29)27-15-18-4-9-25-10-5-18/h2-5,9-10,14,17,22,24,26H,6-8,11-13,15-16H2,1H3,(H,27,29). The van der Waals surface area contributed by atoms with Crippen LogP contribution in [0.1, 0.15) is 36.4 Å². The number of aromatic nitrogens is 1. The predicted molar refractivity (Wildman–Crippen MR) is 122 cm³/mol. The Balaban J connectivity index is 1.36. The molecular weight excluding hydrogens is 407 g/mol. The number of hydrogen-bond donors (Lipinski definition) is 2. The summed E-state index contributed by atoms with van der Waals surface area (Å²) in [5, 5.41) is 6.54. The summed E-state index contributed by atoms with van der Waals surface area (Å²) in [7, 11) is 2.45. The van der Waals surface area contributed by atoms with Gasteiger partial charge in [0.05, 0.1) is 0 Å². The van der Waals surface area contributed by atoms with Gasteiger partial charge >= 0.3 is 7.62 Å². The Morgan fingerprint density at radius 2 is 2.00 bits per heavy atom. The van der Waals surface area contributed by atoms with Crippen LogP contribution in [0.4, 0.5) is 0 Å². The van der Waals surface area contributed by atoms with Gasteiger partial charge in [0.15, 0.2) is 11.5 Å². The number of ether oxygens (including phenoxy) is 2. The summed E-state index contributed by atoms with van der Waals surface area (Å²) in [6.07, 6.45) is 6.82. The van der Waals surface area contributed by atoms with Gasteiger partial charge in [-0.2, -0.15) is 0 Å². The number of benzene rings is 1. The first-order valence-corrected chi connectivity index (χ1v) is 11.2. The largest absolute Gasteiger partial charge is 0.454 e. The quantitative estimate of drug-likeness (QED) is 0.547. The van der Waals surface area contributed by atoms with E-state index < -0.39 is 6.04 Å². The minimum atomic E-state index is -0.458. The van der Waals surface area contributed by atoms with Gasteiger partial charge in [-0.15, -0.1) is 0 Å². The van der Waals surface area contributed by atoms with E-state index in [-0.39, 0.29) is 12.7 Å². The Labute approximate surface area is 189 Å². The number of nitrogens with one attached hydrogen (secondary N) is 2. The molecule has 9 heteroatoms. The number of nitrogens with zero attached hydrogens (tertiary/aromatic N) is 2. The van der Waals surface area contributed by atoms with Crippen LogP contribution in [-0.2, 0) is 16.0 Å². The Morgan fingerprint density at radius 1 is 1.22 bits per heavy atom. The number of amides is 1. The summed E-state index contributed by atoms with van der Waals surface area (Å²) >= 11 is 0. The molecule has 0 radical (unpaired) electrons. The van der Waals surface area contributed by atoms with Gasteiger partial charge in [0.25, 0.3) is 0 Å². The first-order valence-electron chi connectivity index (χ1n) is 11.2. The third-order valence-electron chi connectivity index (χ3n) is 6.13. The lowest BCUT2D eigenvalue weighted by Crippen LogP contribution is -2.40. The number of piperidine rings is 1. The number of fused-ring (bicyclic) bond motifs is 1. The van der Waals surface area contributed by atoms with Crippen molar-refractivity contribution in [3.05, 3.63) is 53.9 Å². The summed E-state index contributed by atoms with van der Waals surface area (Å²) in [5.41, 5.74) is 1.89. The SMILES string of the molecule is COBN1CCC(CCNC(C(=O)NCc2ccncc2)c2ccc3c(c2)OCO3)CC1. The van der Waals surface area contributed by atoms with E-state index in [1.54, 1.807) is 19.5 Å².